The van der Waals surface area contributed by atoms with Crippen LogP contribution in [0.4, 0.5) is 0 Å². The third-order valence-electron chi connectivity index (χ3n) is 3.74. The Morgan fingerprint density at radius 2 is 1.95 bits per heavy atom. The molecule has 4 nitrogen and oxygen atoms in total. The Labute approximate surface area is 122 Å². The largest absolute Gasteiger partial charge is 0.299 e. The Kier molecular flexibility index (Phi) is 7.26. The molecule has 20 heavy (non-hydrogen) atoms. The summed E-state index contributed by atoms with van der Waals surface area (Å²) in [6, 6.07) is 8.09. The molecule has 0 radical (unpaired) electrons. The van der Waals surface area contributed by atoms with E-state index in [9.17, 15) is 4.79 Å². The third-order valence-corrected chi connectivity index (χ3v) is 3.74. The molecule has 0 aromatic heterocycles. The second-order valence-corrected chi connectivity index (χ2v) is 5.35. The van der Waals surface area contributed by atoms with Crippen molar-refractivity contribution in [2.45, 2.75) is 40.2 Å². The number of rotatable bonds is 8. The van der Waals surface area contributed by atoms with Crippen LogP contribution in [0.3, 0.4) is 0 Å². The number of hydrogen-bond acceptors (Lipinski definition) is 3. The molecule has 3 N–H and O–H groups in total. The second kappa shape index (κ2) is 8.72. The van der Waals surface area contributed by atoms with Gasteiger partial charge in [0.2, 0.25) is 5.91 Å². The van der Waals surface area contributed by atoms with E-state index in [1.54, 1.807) is 0 Å². The summed E-state index contributed by atoms with van der Waals surface area (Å²) in [5.74, 6) is 5.71. The van der Waals surface area contributed by atoms with E-state index in [1.165, 1.54) is 12.0 Å². The van der Waals surface area contributed by atoms with Crippen molar-refractivity contribution in [3.8, 4) is 0 Å². The molecule has 0 bridgehead atoms. The molecule has 112 valence electrons. The zero-order chi connectivity index (χ0) is 15.0. The zero-order valence-corrected chi connectivity index (χ0v) is 12.9. The number of hydrogen-bond donors (Lipinski definition) is 2. The third kappa shape index (κ3) is 5.31. The van der Waals surface area contributed by atoms with Gasteiger partial charge in [0.1, 0.15) is 0 Å². The molecule has 0 fully saturated rings. The molecule has 0 heterocycles. The van der Waals surface area contributed by atoms with Crippen LogP contribution in [-0.2, 0) is 17.8 Å². The summed E-state index contributed by atoms with van der Waals surface area (Å²) in [4.78, 5) is 13.9. The lowest BCUT2D eigenvalue weighted by molar-refractivity contribution is -0.120. The van der Waals surface area contributed by atoms with Gasteiger partial charge in [0.25, 0.3) is 0 Å². The zero-order valence-electron chi connectivity index (χ0n) is 12.9. The number of carbonyl (C=O) groups is 1. The topological polar surface area (TPSA) is 58.4 Å². The average molecular weight is 277 g/mol. The molecule has 0 aliphatic rings. The minimum atomic E-state index is -0.151. The van der Waals surface area contributed by atoms with Crippen LogP contribution in [0.2, 0.25) is 0 Å². The molecule has 0 aliphatic carbocycles. The van der Waals surface area contributed by atoms with E-state index in [0.29, 0.717) is 12.3 Å². The van der Waals surface area contributed by atoms with E-state index in [4.69, 9.17) is 5.84 Å². The monoisotopic (exact) mass is 277 g/mol. The van der Waals surface area contributed by atoms with E-state index in [0.717, 1.165) is 25.2 Å². The van der Waals surface area contributed by atoms with Gasteiger partial charge in [-0.15, -0.1) is 0 Å². The summed E-state index contributed by atoms with van der Waals surface area (Å²) < 4.78 is 0. The molecule has 0 saturated heterocycles. The van der Waals surface area contributed by atoms with Crippen LogP contribution in [0.25, 0.3) is 0 Å². The molecule has 4 heteroatoms. The first-order valence-electron chi connectivity index (χ1n) is 7.39. The van der Waals surface area contributed by atoms with Gasteiger partial charge < -0.3 is 0 Å². The van der Waals surface area contributed by atoms with Gasteiger partial charge in [-0.1, -0.05) is 51.5 Å². The number of amides is 1. The fourth-order valence-corrected chi connectivity index (χ4v) is 2.22. The molecule has 1 rings (SSSR count). The summed E-state index contributed by atoms with van der Waals surface area (Å²) in [5.41, 5.74) is 4.46. The minimum absolute atomic E-state index is 0.151. The number of benzene rings is 1. The first-order valence-corrected chi connectivity index (χ1v) is 7.39. The van der Waals surface area contributed by atoms with Crippen LogP contribution in [0.5, 0.6) is 0 Å². The van der Waals surface area contributed by atoms with Crippen molar-refractivity contribution in [2.75, 3.05) is 13.1 Å². The van der Waals surface area contributed by atoms with E-state index in [1.807, 2.05) is 18.2 Å². The highest BCUT2D eigenvalue weighted by Crippen LogP contribution is 2.14. The fourth-order valence-electron chi connectivity index (χ4n) is 2.22. The maximum absolute atomic E-state index is 11.5. The highest BCUT2D eigenvalue weighted by molar-refractivity contribution is 5.78. The number of carbonyl (C=O) groups excluding carboxylic acids is 1. The van der Waals surface area contributed by atoms with Crippen molar-refractivity contribution in [1.29, 1.82) is 0 Å². The van der Waals surface area contributed by atoms with Crippen molar-refractivity contribution in [3.63, 3.8) is 0 Å². The van der Waals surface area contributed by atoms with Gasteiger partial charge >= 0.3 is 0 Å². The average Bonchev–Trinajstić information content (AvgIpc) is 2.47. The van der Waals surface area contributed by atoms with Gasteiger partial charge in [-0.25, -0.2) is 5.84 Å². The Bertz CT molecular complexity index is 420. The number of nitrogens with two attached hydrogens (primary N) is 1. The van der Waals surface area contributed by atoms with Gasteiger partial charge in [0.05, 0.1) is 6.42 Å². The molecule has 1 amide bonds. The van der Waals surface area contributed by atoms with E-state index >= 15 is 0 Å². The molecule has 1 aromatic rings. The van der Waals surface area contributed by atoms with Crippen LogP contribution in [-0.4, -0.2) is 23.9 Å². The molecule has 1 unspecified atom stereocenters. The van der Waals surface area contributed by atoms with Gasteiger partial charge in [0, 0.05) is 13.1 Å². The minimum Gasteiger partial charge on any atom is -0.299 e. The van der Waals surface area contributed by atoms with E-state index in [-0.39, 0.29) is 5.91 Å². The van der Waals surface area contributed by atoms with Crippen molar-refractivity contribution in [1.82, 2.24) is 10.3 Å². The summed E-state index contributed by atoms with van der Waals surface area (Å²) in [5, 5.41) is 0. The smallest absolute Gasteiger partial charge is 0.238 e. The predicted molar refractivity (Wildman–Crippen MR) is 82.9 cm³/mol. The van der Waals surface area contributed by atoms with E-state index < -0.39 is 0 Å². The lowest BCUT2D eigenvalue weighted by Crippen LogP contribution is -2.32. The molecule has 0 saturated carbocycles. The molecular formula is C16H27N3O. The lowest BCUT2D eigenvalue weighted by atomic mass is 10.0. The quantitative estimate of drug-likeness (QED) is 0.434. The molecular weight excluding hydrogens is 250 g/mol. The van der Waals surface area contributed by atoms with E-state index in [2.05, 4.69) is 37.2 Å². The summed E-state index contributed by atoms with van der Waals surface area (Å²) >= 11 is 0. The van der Waals surface area contributed by atoms with Crippen molar-refractivity contribution in [2.24, 2.45) is 11.8 Å². The maximum Gasteiger partial charge on any atom is 0.238 e. The van der Waals surface area contributed by atoms with Crippen LogP contribution >= 0.6 is 0 Å². The molecule has 1 atom stereocenters. The van der Waals surface area contributed by atoms with Crippen LogP contribution < -0.4 is 11.3 Å². The van der Waals surface area contributed by atoms with Crippen molar-refractivity contribution >= 4 is 5.91 Å². The Morgan fingerprint density at radius 1 is 1.30 bits per heavy atom. The SMILES string of the molecule is CCC(C)CN(CC)Cc1ccccc1CC(=O)NN. The highest BCUT2D eigenvalue weighted by Gasteiger charge is 2.12. The first-order chi connectivity index (χ1) is 9.60. The Hall–Kier alpha value is -1.39. The van der Waals surface area contributed by atoms with Crippen molar-refractivity contribution < 1.29 is 4.79 Å². The molecule has 0 spiro atoms. The lowest BCUT2D eigenvalue weighted by Gasteiger charge is -2.24. The molecule has 0 aliphatic heterocycles. The number of nitrogens with one attached hydrogen (secondary N) is 1. The standard InChI is InChI=1S/C16H27N3O/c1-4-13(3)11-19(5-2)12-15-9-7-6-8-14(15)10-16(20)18-17/h6-9,13H,4-5,10-12,17H2,1-3H3,(H,18,20). The summed E-state index contributed by atoms with van der Waals surface area (Å²) in [6.45, 7) is 9.66. The van der Waals surface area contributed by atoms with Crippen LogP contribution in [0.15, 0.2) is 24.3 Å². The summed E-state index contributed by atoms with van der Waals surface area (Å²) in [7, 11) is 0. The Balaban J connectivity index is 2.76. The normalized spacial score (nSPS) is 12.4. The highest BCUT2D eigenvalue weighted by atomic mass is 16.2. The predicted octanol–water partition coefficient (Wildman–Crippen LogP) is 2.09. The fraction of sp³-hybridized carbons (Fsp3) is 0.562. The summed E-state index contributed by atoms with van der Waals surface area (Å²) in [6.07, 6.45) is 1.53. The second-order valence-electron chi connectivity index (χ2n) is 5.35. The molecule has 1 aromatic carbocycles. The number of hydrazine groups is 1. The van der Waals surface area contributed by atoms with Gasteiger partial charge in [-0.3, -0.25) is 15.1 Å². The van der Waals surface area contributed by atoms with Gasteiger partial charge in [-0.2, -0.15) is 0 Å². The van der Waals surface area contributed by atoms with Crippen molar-refractivity contribution in [3.05, 3.63) is 35.4 Å². The van der Waals surface area contributed by atoms with Crippen LogP contribution in [0, 0.1) is 5.92 Å². The van der Waals surface area contributed by atoms with Crippen LogP contribution in [0.1, 0.15) is 38.3 Å². The Morgan fingerprint density at radius 3 is 2.50 bits per heavy atom. The van der Waals surface area contributed by atoms with Gasteiger partial charge in [0.15, 0.2) is 0 Å². The number of nitrogens with zero attached hydrogens (tertiary/aromatic N) is 1. The first kappa shape index (κ1) is 16.7. The maximum atomic E-state index is 11.5. The van der Waals surface area contributed by atoms with Gasteiger partial charge in [-0.05, 0) is 23.6 Å².